The number of alkyl halides is 3. The van der Waals surface area contributed by atoms with Gasteiger partial charge in [-0.2, -0.15) is 18.3 Å². The van der Waals surface area contributed by atoms with E-state index in [4.69, 9.17) is 25.6 Å². The molecule has 2 aromatic heterocycles. The lowest BCUT2D eigenvalue weighted by molar-refractivity contribution is -0.144. The first-order chi connectivity index (χ1) is 15.6. The van der Waals surface area contributed by atoms with Crippen molar-refractivity contribution in [3.8, 4) is 22.6 Å². The molecule has 1 aromatic carbocycles. The van der Waals surface area contributed by atoms with Crippen LogP contribution in [0.1, 0.15) is 23.0 Å². The highest BCUT2D eigenvalue weighted by Crippen LogP contribution is 2.42. The molecule has 0 radical (unpaired) electrons. The second-order valence-corrected chi connectivity index (χ2v) is 7.74. The van der Waals surface area contributed by atoms with Gasteiger partial charge in [-0.25, -0.2) is 9.18 Å². The summed E-state index contributed by atoms with van der Waals surface area (Å²) in [5.41, 5.74) is -3.22. The summed E-state index contributed by atoms with van der Waals surface area (Å²) in [7, 11) is 0. The number of benzene rings is 1. The highest BCUT2D eigenvalue weighted by Gasteiger charge is 2.42. The van der Waals surface area contributed by atoms with Gasteiger partial charge in [0.25, 0.3) is 0 Å². The number of carbonyl (C=O) groups excluding carboxylic acids is 1. The number of nitrogens with zero attached hydrogens (tertiary/aromatic N) is 3. The number of hydrogen-bond donors (Lipinski definition) is 1. The molecule has 1 fully saturated rings. The topological polar surface area (TPSA) is 99.6 Å². The van der Waals surface area contributed by atoms with Crippen molar-refractivity contribution in [3.63, 3.8) is 0 Å². The predicted octanol–water partition coefficient (Wildman–Crippen LogP) is 3.95. The fraction of sp³-hybridized carbons (Fsp3) is 0.350. The summed E-state index contributed by atoms with van der Waals surface area (Å²) in [5.74, 6) is -2.59. The molecule has 0 spiro atoms. The summed E-state index contributed by atoms with van der Waals surface area (Å²) in [5, 5.41) is 16.8. The van der Waals surface area contributed by atoms with Crippen LogP contribution >= 0.6 is 11.6 Å². The molecule has 33 heavy (non-hydrogen) atoms. The third-order valence-corrected chi connectivity index (χ3v) is 5.08. The van der Waals surface area contributed by atoms with E-state index < -0.39 is 65.0 Å². The van der Waals surface area contributed by atoms with Crippen LogP contribution in [0.2, 0.25) is 5.02 Å². The Morgan fingerprint density at radius 2 is 2.12 bits per heavy atom. The molecule has 0 unspecified atom stereocenters. The third kappa shape index (κ3) is 4.45. The summed E-state index contributed by atoms with van der Waals surface area (Å²) in [4.78, 5) is 13.0. The monoisotopic (exact) mass is 489 g/mol. The van der Waals surface area contributed by atoms with Crippen molar-refractivity contribution in [2.75, 3.05) is 13.2 Å². The molecular weight excluding hydrogens is 474 g/mol. The van der Waals surface area contributed by atoms with Crippen molar-refractivity contribution in [1.29, 1.82) is 0 Å². The van der Waals surface area contributed by atoms with Gasteiger partial charge in [-0.15, -0.1) is 0 Å². The van der Waals surface area contributed by atoms with Gasteiger partial charge in [0, 0.05) is 0 Å². The number of aliphatic hydroxyl groups excluding tert-OH is 1. The Balaban J connectivity index is 1.92. The highest BCUT2D eigenvalue weighted by molar-refractivity contribution is 6.33. The molecule has 1 N–H and O–H groups in total. The molecule has 1 atom stereocenters. The summed E-state index contributed by atoms with van der Waals surface area (Å²) in [6.45, 7) is 1.01. The van der Waals surface area contributed by atoms with Crippen LogP contribution in [0.4, 0.5) is 17.6 Å². The molecule has 3 heterocycles. The lowest BCUT2D eigenvalue weighted by Gasteiger charge is -2.25. The Morgan fingerprint density at radius 3 is 2.70 bits per heavy atom. The van der Waals surface area contributed by atoms with Crippen LogP contribution in [0.25, 0.3) is 22.6 Å². The number of halogens is 5. The van der Waals surface area contributed by atoms with E-state index >= 15 is 0 Å². The van der Waals surface area contributed by atoms with Crippen molar-refractivity contribution in [1.82, 2.24) is 14.9 Å². The smallest absolute Gasteiger partial charge is 0.433 e. The molecule has 176 valence electrons. The first-order valence-corrected chi connectivity index (χ1v) is 10.00. The van der Waals surface area contributed by atoms with Crippen LogP contribution in [0.15, 0.2) is 28.9 Å². The first-order valence-electron chi connectivity index (χ1n) is 9.62. The Hall–Kier alpha value is -2.96. The lowest BCUT2D eigenvalue weighted by atomic mass is 10.0. The van der Waals surface area contributed by atoms with E-state index in [9.17, 15) is 27.5 Å². The number of aromatic nitrogens is 3. The maximum atomic E-state index is 14.6. The average molecular weight is 490 g/mol. The summed E-state index contributed by atoms with van der Waals surface area (Å²) in [6.07, 6.45) is -5.90. The zero-order valence-corrected chi connectivity index (χ0v) is 17.7. The maximum absolute atomic E-state index is 14.6. The van der Waals surface area contributed by atoms with Gasteiger partial charge < -0.3 is 19.1 Å². The van der Waals surface area contributed by atoms with E-state index in [1.807, 2.05) is 0 Å². The van der Waals surface area contributed by atoms with E-state index in [1.165, 1.54) is 19.1 Å². The molecule has 3 aromatic rings. The molecule has 1 aliphatic heterocycles. The van der Waals surface area contributed by atoms with Crippen LogP contribution < -0.4 is 0 Å². The van der Waals surface area contributed by atoms with Crippen LogP contribution in [-0.4, -0.2) is 51.4 Å². The van der Waals surface area contributed by atoms with Gasteiger partial charge in [0.15, 0.2) is 11.5 Å². The number of carbonyl (C=O) groups is 1. The van der Waals surface area contributed by atoms with Crippen LogP contribution in [0.5, 0.6) is 0 Å². The molecular formula is C20H16ClF4N3O5. The van der Waals surface area contributed by atoms with E-state index in [0.717, 1.165) is 12.3 Å². The minimum absolute atomic E-state index is 0.0995. The van der Waals surface area contributed by atoms with Crippen molar-refractivity contribution in [2.45, 2.75) is 31.9 Å². The van der Waals surface area contributed by atoms with Crippen molar-refractivity contribution < 1.29 is 41.5 Å². The first kappa shape index (κ1) is 23.2. The molecule has 0 saturated carbocycles. The fourth-order valence-corrected chi connectivity index (χ4v) is 3.54. The Kier molecular flexibility index (Phi) is 6.16. The molecule has 0 bridgehead atoms. The maximum Gasteiger partial charge on any atom is 0.433 e. The number of aliphatic hydroxyl groups is 1. The number of rotatable bonds is 6. The van der Waals surface area contributed by atoms with Crippen LogP contribution in [0.3, 0.4) is 0 Å². The molecule has 4 rings (SSSR count). The van der Waals surface area contributed by atoms with E-state index in [0.29, 0.717) is 4.68 Å². The minimum atomic E-state index is -4.94. The van der Waals surface area contributed by atoms with Crippen LogP contribution in [0, 0.1) is 5.82 Å². The van der Waals surface area contributed by atoms with Gasteiger partial charge in [-0.1, -0.05) is 22.8 Å². The van der Waals surface area contributed by atoms with Gasteiger partial charge >= 0.3 is 12.1 Å². The Bertz CT molecular complexity index is 1170. The number of esters is 1. The second kappa shape index (κ2) is 8.76. The predicted molar refractivity (Wildman–Crippen MR) is 105 cm³/mol. The van der Waals surface area contributed by atoms with E-state index in [-0.39, 0.29) is 23.8 Å². The SMILES string of the molecule is C[C@H](O)Cn1ncc(-c2onc(-c3c(F)cccc3Cl)c2C(=O)OC2COC2)c1C(F)(F)F. The summed E-state index contributed by atoms with van der Waals surface area (Å²) >= 11 is 6.09. The molecule has 1 saturated heterocycles. The molecule has 8 nitrogen and oxygen atoms in total. The van der Waals surface area contributed by atoms with E-state index in [1.54, 1.807) is 0 Å². The zero-order chi connectivity index (χ0) is 23.9. The minimum Gasteiger partial charge on any atom is -0.454 e. The Labute approximate surface area is 188 Å². The molecule has 13 heteroatoms. The van der Waals surface area contributed by atoms with Gasteiger partial charge in [-0.05, 0) is 19.1 Å². The van der Waals surface area contributed by atoms with Gasteiger partial charge in [0.05, 0.1) is 48.2 Å². The molecule has 1 aliphatic rings. The fourth-order valence-electron chi connectivity index (χ4n) is 3.29. The highest BCUT2D eigenvalue weighted by atomic mass is 35.5. The zero-order valence-electron chi connectivity index (χ0n) is 16.9. The standard InChI is InChI=1S/C20H16ClF4N3O5/c1-9(29)6-28-18(20(23,24)25)11(5-26-28)17-15(19(30)32-10-7-31-8-10)16(27-33-17)14-12(21)3-2-4-13(14)22/h2-5,9-10,29H,6-8H2,1H3/t9-/m0/s1. The largest absolute Gasteiger partial charge is 0.454 e. The van der Waals surface area contributed by atoms with Crippen molar-refractivity contribution >= 4 is 17.6 Å². The van der Waals surface area contributed by atoms with Crippen LogP contribution in [-0.2, 0) is 22.2 Å². The quantitative estimate of drug-likeness (QED) is 0.413. The lowest BCUT2D eigenvalue weighted by Crippen LogP contribution is -2.37. The summed E-state index contributed by atoms with van der Waals surface area (Å²) in [6, 6.07) is 3.69. The molecule has 0 amide bonds. The third-order valence-electron chi connectivity index (χ3n) is 4.77. The van der Waals surface area contributed by atoms with Crippen molar-refractivity contribution in [3.05, 3.63) is 46.5 Å². The normalized spacial score (nSPS) is 15.4. The van der Waals surface area contributed by atoms with Gasteiger partial charge in [-0.3, -0.25) is 4.68 Å². The number of hydrogen-bond acceptors (Lipinski definition) is 7. The average Bonchev–Trinajstić information content (AvgIpc) is 3.28. The second-order valence-electron chi connectivity index (χ2n) is 7.33. The van der Waals surface area contributed by atoms with Crippen molar-refractivity contribution in [2.24, 2.45) is 0 Å². The van der Waals surface area contributed by atoms with Gasteiger partial charge in [0.1, 0.15) is 23.2 Å². The summed E-state index contributed by atoms with van der Waals surface area (Å²) < 4.78 is 72.2. The van der Waals surface area contributed by atoms with Gasteiger partial charge in [0.2, 0.25) is 0 Å². The molecule has 0 aliphatic carbocycles. The van der Waals surface area contributed by atoms with E-state index in [2.05, 4.69) is 10.3 Å². The Morgan fingerprint density at radius 1 is 1.39 bits per heavy atom. The number of ether oxygens (including phenoxy) is 2.